The molecule has 1 heterocycles. The van der Waals surface area contributed by atoms with E-state index in [9.17, 15) is 4.79 Å². The molecule has 100 valence electrons. The van der Waals surface area contributed by atoms with E-state index < -0.39 is 0 Å². The molecule has 1 aromatic rings. The number of aliphatic hydroxyl groups excluding tert-OH is 1. The van der Waals surface area contributed by atoms with Crippen molar-refractivity contribution >= 4 is 23.4 Å². The van der Waals surface area contributed by atoms with Gasteiger partial charge < -0.3 is 10.4 Å². The molecule has 3 nitrogen and oxygen atoms in total. The molecule has 0 spiro atoms. The van der Waals surface area contributed by atoms with Gasteiger partial charge in [-0.2, -0.15) is 0 Å². The Labute approximate surface area is 117 Å². The van der Waals surface area contributed by atoms with Gasteiger partial charge in [0.05, 0.1) is 17.5 Å². The second kappa shape index (κ2) is 7.22. The van der Waals surface area contributed by atoms with Crippen LogP contribution in [0.2, 0.25) is 0 Å². The van der Waals surface area contributed by atoms with E-state index in [4.69, 9.17) is 5.11 Å². The number of amides is 1. The van der Waals surface area contributed by atoms with Crippen molar-refractivity contribution in [2.75, 3.05) is 17.7 Å². The van der Waals surface area contributed by atoms with Crippen molar-refractivity contribution in [3.63, 3.8) is 0 Å². The standard InChI is InChI=1S/C15H17NO2S/c17-10-4-3-7-12-6-1-2-8-13(12)16-15(18)14-9-5-11-19-14/h1-2,6,8,14,17H,4-5,9-11H2,(H,16,18). The number of hydrogen-bond donors (Lipinski definition) is 2. The van der Waals surface area contributed by atoms with E-state index in [1.54, 1.807) is 11.8 Å². The van der Waals surface area contributed by atoms with Crippen molar-refractivity contribution in [2.45, 2.75) is 24.5 Å². The highest BCUT2D eigenvalue weighted by Crippen LogP contribution is 2.27. The van der Waals surface area contributed by atoms with Gasteiger partial charge in [0, 0.05) is 12.0 Å². The second-order valence-corrected chi connectivity index (χ2v) is 5.62. The maximum absolute atomic E-state index is 12.1. The van der Waals surface area contributed by atoms with E-state index in [1.807, 2.05) is 24.3 Å². The highest BCUT2D eigenvalue weighted by atomic mass is 32.2. The largest absolute Gasteiger partial charge is 0.395 e. The van der Waals surface area contributed by atoms with Gasteiger partial charge in [0.15, 0.2) is 0 Å². The lowest BCUT2D eigenvalue weighted by Crippen LogP contribution is -2.23. The molecular weight excluding hydrogens is 258 g/mol. The molecule has 0 saturated carbocycles. The summed E-state index contributed by atoms with van der Waals surface area (Å²) in [5, 5.41) is 11.8. The number of anilines is 1. The summed E-state index contributed by atoms with van der Waals surface area (Å²) in [5.41, 5.74) is 1.55. The fraction of sp³-hybridized carbons (Fsp3) is 0.400. The Bertz CT molecular complexity index is 498. The van der Waals surface area contributed by atoms with E-state index in [0.717, 1.165) is 29.8 Å². The maximum atomic E-state index is 12.1. The number of rotatable bonds is 3. The van der Waals surface area contributed by atoms with Gasteiger partial charge in [-0.3, -0.25) is 4.79 Å². The predicted molar refractivity (Wildman–Crippen MR) is 79.1 cm³/mol. The highest BCUT2D eigenvalue weighted by Gasteiger charge is 2.23. The molecule has 19 heavy (non-hydrogen) atoms. The third kappa shape index (κ3) is 4.02. The topological polar surface area (TPSA) is 49.3 Å². The molecule has 1 amide bonds. The Balaban J connectivity index is 2.07. The lowest BCUT2D eigenvalue weighted by Gasteiger charge is -2.11. The minimum atomic E-state index is 0.0558. The first-order valence-corrected chi connectivity index (χ1v) is 7.47. The number of nitrogens with one attached hydrogen (secondary N) is 1. The van der Waals surface area contributed by atoms with E-state index in [-0.39, 0.29) is 17.8 Å². The summed E-state index contributed by atoms with van der Waals surface area (Å²) in [6, 6.07) is 7.51. The van der Waals surface area contributed by atoms with Crippen LogP contribution in [0, 0.1) is 11.8 Å². The number of carbonyl (C=O) groups is 1. The Morgan fingerprint density at radius 1 is 1.47 bits per heavy atom. The first-order valence-electron chi connectivity index (χ1n) is 6.42. The molecule has 2 N–H and O–H groups in total. The van der Waals surface area contributed by atoms with Crippen molar-refractivity contribution in [3.8, 4) is 11.8 Å². The molecule has 1 saturated heterocycles. The van der Waals surface area contributed by atoms with Crippen LogP contribution in [0.15, 0.2) is 24.3 Å². The Morgan fingerprint density at radius 3 is 3.05 bits per heavy atom. The van der Waals surface area contributed by atoms with Crippen LogP contribution in [0.25, 0.3) is 0 Å². The predicted octanol–water partition coefficient (Wildman–Crippen LogP) is 2.25. The number of hydrogen-bond acceptors (Lipinski definition) is 3. The molecule has 0 aliphatic carbocycles. The lowest BCUT2D eigenvalue weighted by atomic mass is 10.1. The molecule has 0 bridgehead atoms. The molecule has 2 rings (SSSR count). The molecule has 0 aromatic heterocycles. The Morgan fingerprint density at radius 2 is 2.32 bits per heavy atom. The zero-order chi connectivity index (χ0) is 13.5. The summed E-state index contributed by atoms with van der Waals surface area (Å²) in [6.45, 7) is 0.0558. The lowest BCUT2D eigenvalue weighted by molar-refractivity contribution is -0.115. The number of benzene rings is 1. The van der Waals surface area contributed by atoms with Gasteiger partial charge >= 0.3 is 0 Å². The normalized spacial score (nSPS) is 17.6. The number of thioether (sulfide) groups is 1. The fourth-order valence-corrected chi connectivity index (χ4v) is 3.07. The number of carbonyl (C=O) groups excluding carboxylic acids is 1. The van der Waals surface area contributed by atoms with Crippen molar-refractivity contribution in [3.05, 3.63) is 29.8 Å². The van der Waals surface area contributed by atoms with Crippen LogP contribution in [0.1, 0.15) is 24.8 Å². The molecular formula is C15H17NO2S. The molecule has 4 heteroatoms. The van der Waals surface area contributed by atoms with E-state index in [0.29, 0.717) is 6.42 Å². The van der Waals surface area contributed by atoms with Crippen LogP contribution in [0.3, 0.4) is 0 Å². The smallest absolute Gasteiger partial charge is 0.237 e. The fourth-order valence-electron chi connectivity index (χ4n) is 1.91. The van der Waals surface area contributed by atoms with Gasteiger partial charge in [0.25, 0.3) is 0 Å². The third-order valence-electron chi connectivity index (χ3n) is 2.87. The maximum Gasteiger partial charge on any atom is 0.237 e. The quantitative estimate of drug-likeness (QED) is 0.832. The third-order valence-corrected chi connectivity index (χ3v) is 4.24. The van der Waals surface area contributed by atoms with Crippen LogP contribution < -0.4 is 5.32 Å². The van der Waals surface area contributed by atoms with Crippen LogP contribution in [-0.4, -0.2) is 28.6 Å². The summed E-state index contributed by atoms with van der Waals surface area (Å²) >= 11 is 1.72. The van der Waals surface area contributed by atoms with Gasteiger partial charge in [0.2, 0.25) is 5.91 Å². The second-order valence-electron chi connectivity index (χ2n) is 4.31. The zero-order valence-corrected chi connectivity index (χ0v) is 11.5. The zero-order valence-electron chi connectivity index (χ0n) is 10.7. The number of aliphatic hydroxyl groups is 1. The van der Waals surface area contributed by atoms with Crippen molar-refractivity contribution in [1.29, 1.82) is 0 Å². The van der Waals surface area contributed by atoms with Gasteiger partial charge in [-0.1, -0.05) is 24.0 Å². The Kier molecular flexibility index (Phi) is 5.31. The summed E-state index contributed by atoms with van der Waals surface area (Å²) in [7, 11) is 0. The summed E-state index contributed by atoms with van der Waals surface area (Å²) in [4.78, 5) is 12.1. The molecule has 1 aliphatic rings. The summed E-state index contributed by atoms with van der Waals surface area (Å²) < 4.78 is 0. The first kappa shape index (κ1) is 14.0. The molecule has 1 aromatic carbocycles. The Hall–Kier alpha value is -1.44. The molecule has 1 fully saturated rings. The average Bonchev–Trinajstić information content (AvgIpc) is 2.95. The van der Waals surface area contributed by atoms with Crippen LogP contribution in [-0.2, 0) is 4.79 Å². The minimum absolute atomic E-state index is 0.0558. The number of para-hydroxylation sites is 1. The van der Waals surface area contributed by atoms with Gasteiger partial charge in [0.1, 0.15) is 0 Å². The molecule has 0 radical (unpaired) electrons. The van der Waals surface area contributed by atoms with Gasteiger partial charge in [-0.05, 0) is 30.7 Å². The SMILES string of the molecule is O=C(Nc1ccccc1C#CCCO)C1CCCS1. The van der Waals surface area contributed by atoms with E-state index in [1.165, 1.54) is 0 Å². The highest BCUT2D eigenvalue weighted by molar-refractivity contribution is 8.00. The van der Waals surface area contributed by atoms with E-state index >= 15 is 0 Å². The molecule has 1 unspecified atom stereocenters. The molecule has 1 aliphatic heterocycles. The van der Waals surface area contributed by atoms with Crippen molar-refractivity contribution < 1.29 is 9.90 Å². The van der Waals surface area contributed by atoms with E-state index in [2.05, 4.69) is 17.2 Å². The van der Waals surface area contributed by atoms with Crippen LogP contribution in [0.4, 0.5) is 5.69 Å². The monoisotopic (exact) mass is 275 g/mol. The first-order chi connectivity index (χ1) is 9.31. The average molecular weight is 275 g/mol. The van der Waals surface area contributed by atoms with Crippen LogP contribution >= 0.6 is 11.8 Å². The minimum Gasteiger partial charge on any atom is -0.395 e. The van der Waals surface area contributed by atoms with Crippen molar-refractivity contribution in [2.24, 2.45) is 0 Å². The van der Waals surface area contributed by atoms with Gasteiger partial charge in [-0.25, -0.2) is 0 Å². The van der Waals surface area contributed by atoms with Crippen LogP contribution in [0.5, 0.6) is 0 Å². The molecule has 1 atom stereocenters. The summed E-state index contributed by atoms with van der Waals surface area (Å²) in [6.07, 6.45) is 2.51. The summed E-state index contributed by atoms with van der Waals surface area (Å²) in [5.74, 6) is 6.99. The van der Waals surface area contributed by atoms with Gasteiger partial charge in [-0.15, -0.1) is 11.8 Å². The van der Waals surface area contributed by atoms with Crippen molar-refractivity contribution in [1.82, 2.24) is 0 Å².